The van der Waals surface area contributed by atoms with Crippen LogP contribution in [0.1, 0.15) is 12.6 Å². The monoisotopic (exact) mass is 483 g/mol. The molecule has 0 spiro atoms. The van der Waals surface area contributed by atoms with Crippen molar-refractivity contribution in [2.45, 2.75) is 18.5 Å². The number of rotatable bonds is 4. The topological polar surface area (TPSA) is 124 Å². The number of carbonyl (C=O) groups excluding carboxylic acids is 1. The second-order valence-electron chi connectivity index (χ2n) is 7.19. The second kappa shape index (κ2) is 7.95. The van der Waals surface area contributed by atoms with E-state index in [1.165, 1.54) is 12.3 Å². The summed E-state index contributed by atoms with van der Waals surface area (Å²) >= 11 is 6.08. The van der Waals surface area contributed by atoms with Crippen molar-refractivity contribution in [1.29, 1.82) is 5.41 Å². The van der Waals surface area contributed by atoms with Crippen LogP contribution in [0.5, 0.6) is 0 Å². The number of hydrazone groups is 1. The molecule has 3 aromatic rings. The maximum absolute atomic E-state index is 14.1. The number of hydrogen-bond acceptors (Lipinski definition) is 7. The Labute approximate surface area is 187 Å². The standard InChI is InChI=1S/C18H14ClF4N9O/c1-17(18(21,22)23)8-31(11-7-25-13-5-12(20)30-32(13)14(11)17)16(33)28-9-4-10(19)15(26-6-9)29-27-3-2-24/h2-7,24H,8H2,1H3,(H,26,29)(H,28,33)/b24-2?,27-3-/t17-/m0/s1. The predicted molar refractivity (Wildman–Crippen MR) is 113 cm³/mol. The Morgan fingerprint density at radius 2 is 2.09 bits per heavy atom. The molecule has 0 saturated carbocycles. The fourth-order valence-electron chi connectivity index (χ4n) is 3.41. The van der Waals surface area contributed by atoms with E-state index in [-0.39, 0.29) is 27.9 Å². The largest absolute Gasteiger partial charge is 0.401 e. The van der Waals surface area contributed by atoms with Crippen LogP contribution >= 0.6 is 11.6 Å². The minimum atomic E-state index is -4.78. The summed E-state index contributed by atoms with van der Waals surface area (Å²) in [5, 5.41) is 16.5. The minimum absolute atomic E-state index is 0.0623. The van der Waals surface area contributed by atoms with E-state index in [2.05, 4.69) is 30.9 Å². The van der Waals surface area contributed by atoms with Crippen molar-refractivity contribution >= 4 is 52.9 Å². The highest BCUT2D eigenvalue weighted by atomic mass is 35.5. The van der Waals surface area contributed by atoms with Crippen LogP contribution < -0.4 is 15.6 Å². The summed E-state index contributed by atoms with van der Waals surface area (Å²) in [5.74, 6) is -0.862. The minimum Gasteiger partial charge on any atom is -0.307 e. The number of halogens is 5. The number of urea groups is 1. The molecule has 33 heavy (non-hydrogen) atoms. The van der Waals surface area contributed by atoms with Crippen molar-refractivity contribution in [2.24, 2.45) is 5.10 Å². The quantitative estimate of drug-likeness (QED) is 0.295. The number of hydrogen-bond donors (Lipinski definition) is 3. The van der Waals surface area contributed by atoms with E-state index in [4.69, 9.17) is 17.0 Å². The number of fused-ring (bicyclic) bond motifs is 3. The summed E-state index contributed by atoms with van der Waals surface area (Å²) < 4.78 is 56.6. The van der Waals surface area contributed by atoms with Crippen LogP contribution in [-0.4, -0.2) is 50.8 Å². The first-order valence-corrected chi connectivity index (χ1v) is 9.56. The molecule has 0 unspecified atom stereocenters. The van der Waals surface area contributed by atoms with Gasteiger partial charge in [0.2, 0.25) is 5.95 Å². The van der Waals surface area contributed by atoms with Gasteiger partial charge in [-0.25, -0.2) is 19.3 Å². The number of alkyl halides is 3. The van der Waals surface area contributed by atoms with E-state index in [9.17, 15) is 22.4 Å². The van der Waals surface area contributed by atoms with E-state index >= 15 is 0 Å². The van der Waals surface area contributed by atoms with Gasteiger partial charge in [-0.05, 0) is 13.0 Å². The molecule has 0 fully saturated rings. The normalized spacial score (nSPS) is 18.1. The molecule has 3 N–H and O–H groups in total. The first kappa shape index (κ1) is 22.4. The lowest BCUT2D eigenvalue weighted by Gasteiger charge is -2.28. The molecule has 2 amide bonds. The van der Waals surface area contributed by atoms with Crippen molar-refractivity contribution in [3.05, 3.63) is 41.2 Å². The lowest BCUT2D eigenvalue weighted by molar-refractivity contribution is -0.181. The average molecular weight is 484 g/mol. The van der Waals surface area contributed by atoms with Crippen molar-refractivity contribution in [3.63, 3.8) is 0 Å². The number of pyridine rings is 1. The van der Waals surface area contributed by atoms with E-state index in [0.717, 1.165) is 41.0 Å². The van der Waals surface area contributed by atoms with E-state index in [1.54, 1.807) is 0 Å². The van der Waals surface area contributed by atoms with Crippen LogP contribution in [0.3, 0.4) is 0 Å². The van der Waals surface area contributed by atoms with Gasteiger partial charge in [0, 0.05) is 18.8 Å². The molecule has 0 saturated heterocycles. The zero-order chi connectivity index (χ0) is 24.0. The molecule has 3 aromatic heterocycles. The van der Waals surface area contributed by atoms with Gasteiger partial charge in [0.05, 0.1) is 40.7 Å². The van der Waals surface area contributed by atoms with Crippen LogP contribution in [0.2, 0.25) is 5.02 Å². The highest BCUT2D eigenvalue weighted by Gasteiger charge is 2.60. The Morgan fingerprint density at radius 3 is 2.76 bits per heavy atom. The molecule has 1 atom stereocenters. The van der Waals surface area contributed by atoms with Crippen molar-refractivity contribution in [2.75, 3.05) is 22.2 Å². The summed E-state index contributed by atoms with van der Waals surface area (Å²) in [6.45, 7) is 0.130. The summed E-state index contributed by atoms with van der Waals surface area (Å²) in [4.78, 5) is 21.7. The molecule has 15 heteroatoms. The van der Waals surface area contributed by atoms with E-state index in [1.807, 2.05) is 0 Å². The van der Waals surface area contributed by atoms with Gasteiger partial charge in [-0.15, -0.1) is 5.10 Å². The van der Waals surface area contributed by atoms with Crippen LogP contribution in [-0.2, 0) is 5.41 Å². The Morgan fingerprint density at radius 1 is 1.33 bits per heavy atom. The van der Waals surface area contributed by atoms with Gasteiger partial charge in [0.25, 0.3) is 0 Å². The molecular formula is C18H14ClF4N9O. The molecule has 1 aliphatic rings. The fourth-order valence-corrected chi connectivity index (χ4v) is 3.62. The summed E-state index contributed by atoms with van der Waals surface area (Å²) in [5.41, 5.74) is -0.626. The number of nitrogens with one attached hydrogen (secondary N) is 3. The molecule has 0 aliphatic carbocycles. The summed E-state index contributed by atoms with van der Waals surface area (Å²) in [6, 6.07) is 1.31. The van der Waals surface area contributed by atoms with Gasteiger partial charge in [0.15, 0.2) is 11.5 Å². The molecule has 0 radical (unpaired) electrons. The van der Waals surface area contributed by atoms with Gasteiger partial charge >= 0.3 is 12.2 Å². The van der Waals surface area contributed by atoms with Gasteiger partial charge in [-0.1, -0.05) is 11.6 Å². The Kier molecular flexibility index (Phi) is 5.40. The SMILES string of the molecule is C[C@]1(C(F)(F)F)CN(C(=O)Nc2cnc(N/N=C\C=N)c(Cl)c2)c2cnc3cc(F)nn3c21. The lowest BCUT2D eigenvalue weighted by Crippen LogP contribution is -2.46. The van der Waals surface area contributed by atoms with Gasteiger partial charge in [-0.3, -0.25) is 10.3 Å². The molecular weight excluding hydrogens is 470 g/mol. The molecule has 172 valence electrons. The maximum atomic E-state index is 14.1. The molecule has 1 aliphatic heterocycles. The van der Waals surface area contributed by atoms with E-state index in [0.29, 0.717) is 0 Å². The molecule has 0 bridgehead atoms. The highest BCUT2D eigenvalue weighted by molar-refractivity contribution is 6.33. The Bertz CT molecular complexity index is 1290. The summed E-state index contributed by atoms with van der Waals surface area (Å²) in [7, 11) is 0. The second-order valence-corrected chi connectivity index (χ2v) is 7.59. The molecule has 10 nitrogen and oxygen atoms in total. The van der Waals surface area contributed by atoms with Gasteiger partial charge < -0.3 is 10.7 Å². The van der Waals surface area contributed by atoms with Gasteiger partial charge in [-0.2, -0.15) is 22.7 Å². The van der Waals surface area contributed by atoms with Crippen LogP contribution in [0, 0.1) is 11.4 Å². The average Bonchev–Trinajstić information content (AvgIpc) is 3.27. The van der Waals surface area contributed by atoms with Crippen LogP contribution in [0.4, 0.5) is 39.5 Å². The number of aromatic nitrogens is 4. The predicted octanol–water partition coefficient (Wildman–Crippen LogP) is 3.84. The number of anilines is 3. The molecule has 0 aromatic carbocycles. The first-order chi connectivity index (χ1) is 15.5. The highest BCUT2D eigenvalue weighted by Crippen LogP contribution is 2.49. The summed E-state index contributed by atoms with van der Waals surface area (Å²) in [6.07, 6.45) is -0.411. The number of amides is 2. The molecule has 4 heterocycles. The first-order valence-electron chi connectivity index (χ1n) is 9.19. The van der Waals surface area contributed by atoms with Crippen molar-refractivity contribution in [3.8, 4) is 0 Å². The third-order valence-corrected chi connectivity index (χ3v) is 5.29. The smallest absolute Gasteiger partial charge is 0.307 e. The number of nitrogens with zero attached hydrogens (tertiary/aromatic N) is 6. The molecule has 4 rings (SSSR count). The Balaban J connectivity index is 1.67. The fraction of sp³-hybridized carbons (Fsp3) is 0.222. The Hall–Kier alpha value is -3.81. The third kappa shape index (κ3) is 3.82. The maximum Gasteiger partial charge on any atom is 0.401 e. The van der Waals surface area contributed by atoms with E-state index < -0.39 is 35.8 Å². The zero-order valence-electron chi connectivity index (χ0n) is 16.7. The van der Waals surface area contributed by atoms with Crippen molar-refractivity contribution < 1.29 is 22.4 Å². The van der Waals surface area contributed by atoms with Crippen LogP contribution in [0.25, 0.3) is 5.65 Å². The lowest BCUT2D eigenvalue weighted by atomic mass is 9.88. The van der Waals surface area contributed by atoms with Crippen LogP contribution in [0.15, 0.2) is 29.6 Å². The van der Waals surface area contributed by atoms with Crippen molar-refractivity contribution in [1.82, 2.24) is 19.6 Å². The third-order valence-electron chi connectivity index (χ3n) is 5.00. The number of carbonyl (C=O) groups is 1. The zero-order valence-corrected chi connectivity index (χ0v) is 17.4. The van der Waals surface area contributed by atoms with Gasteiger partial charge in [0.1, 0.15) is 5.41 Å².